The molecule has 0 aliphatic heterocycles. The number of rotatable bonds is 5. The van der Waals surface area contributed by atoms with Gasteiger partial charge in [0.2, 0.25) is 0 Å². The van der Waals surface area contributed by atoms with E-state index in [0.717, 1.165) is 0 Å². The van der Waals surface area contributed by atoms with E-state index in [2.05, 4.69) is 0 Å². The maximum atomic E-state index is 13.5. The molecular formula is C14H19FO3. The Kier molecular flexibility index (Phi) is 4.33. The van der Waals surface area contributed by atoms with Gasteiger partial charge in [0.15, 0.2) is 0 Å². The second kappa shape index (κ2) is 5.38. The highest BCUT2D eigenvalue weighted by atomic mass is 19.1. The Labute approximate surface area is 107 Å². The average molecular weight is 254 g/mol. The van der Waals surface area contributed by atoms with Gasteiger partial charge >= 0.3 is 5.97 Å². The second-order valence-electron chi connectivity index (χ2n) is 5.02. The van der Waals surface area contributed by atoms with Gasteiger partial charge in [0.1, 0.15) is 11.9 Å². The molecule has 0 saturated heterocycles. The van der Waals surface area contributed by atoms with Gasteiger partial charge in [-0.25, -0.2) is 4.39 Å². The van der Waals surface area contributed by atoms with Gasteiger partial charge in [-0.1, -0.05) is 18.2 Å². The molecule has 0 aromatic heterocycles. The summed E-state index contributed by atoms with van der Waals surface area (Å²) in [6.07, 6.45) is -0.848. The van der Waals surface area contributed by atoms with Crippen molar-refractivity contribution in [1.29, 1.82) is 0 Å². The highest BCUT2D eigenvalue weighted by molar-refractivity contribution is 5.74. The number of carboxylic acid groups (broad SMARTS) is 1. The van der Waals surface area contributed by atoms with Crippen molar-refractivity contribution in [3.8, 4) is 5.75 Å². The van der Waals surface area contributed by atoms with E-state index >= 15 is 0 Å². The summed E-state index contributed by atoms with van der Waals surface area (Å²) in [5.41, 5.74) is 0.258. The topological polar surface area (TPSA) is 46.5 Å². The summed E-state index contributed by atoms with van der Waals surface area (Å²) in [5, 5.41) is 9.13. The van der Waals surface area contributed by atoms with Crippen molar-refractivity contribution in [2.24, 2.45) is 5.41 Å². The Bertz CT molecular complexity index is 439. The Balaban J connectivity index is 3.17. The third kappa shape index (κ3) is 3.00. The van der Waals surface area contributed by atoms with Gasteiger partial charge in [-0.05, 0) is 32.8 Å². The van der Waals surface area contributed by atoms with Crippen LogP contribution in [0.1, 0.15) is 38.1 Å². The molecule has 1 atom stereocenters. The summed E-state index contributed by atoms with van der Waals surface area (Å²) in [4.78, 5) is 11.1. The van der Waals surface area contributed by atoms with Crippen LogP contribution < -0.4 is 4.74 Å². The molecule has 0 amide bonds. The van der Waals surface area contributed by atoms with Gasteiger partial charge in [0, 0.05) is 5.56 Å². The first-order valence-electron chi connectivity index (χ1n) is 5.83. The molecule has 1 unspecified atom stereocenters. The van der Waals surface area contributed by atoms with Crippen LogP contribution in [0.5, 0.6) is 5.75 Å². The minimum Gasteiger partial charge on any atom is -0.496 e. The summed E-state index contributed by atoms with van der Waals surface area (Å²) in [7, 11) is 1.47. The number of alkyl halides is 1. The SMILES string of the molecule is COc1c(CC(C)(C)C(=O)O)cccc1C(C)F. The average Bonchev–Trinajstić information content (AvgIpc) is 2.27. The second-order valence-corrected chi connectivity index (χ2v) is 5.02. The molecule has 0 fully saturated rings. The first kappa shape index (κ1) is 14.5. The number of carbonyl (C=O) groups is 1. The van der Waals surface area contributed by atoms with Crippen LogP contribution in [-0.2, 0) is 11.2 Å². The first-order chi connectivity index (χ1) is 8.29. The molecule has 0 saturated carbocycles. The van der Waals surface area contributed by atoms with Gasteiger partial charge < -0.3 is 9.84 Å². The number of hydrogen-bond donors (Lipinski definition) is 1. The van der Waals surface area contributed by atoms with Gasteiger partial charge in [0.05, 0.1) is 12.5 Å². The molecule has 0 aliphatic carbocycles. The lowest BCUT2D eigenvalue weighted by Gasteiger charge is -2.22. The van der Waals surface area contributed by atoms with E-state index in [9.17, 15) is 9.18 Å². The van der Waals surface area contributed by atoms with E-state index in [0.29, 0.717) is 23.3 Å². The van der Waals surface area contributed by atoms with Crippen LogP contribution >= 0.6 is 0 Å². The Morgan fingerprint density at radius 1 is 1.50 bits per heavy atom. The molecule has 0 bridgehead atoms. The first-order valence-corrected chi connectivity index (χ1v) is 5.83. The lowest BCUT2D eigenvalue weighted by molar-refractivity contribution is -0.146. The Morgan fingerprint density at radius 3 is 2.56 bits per heavy atom. The molecule has 1 rings (SSSR count). The molecule has 100 valence electrons. The number of aliphatic carboxylic acids is 1. The highest BCUT2D eigenvalue weighted by Crippen LogP contribution is 2.34. The van der Waals surface area contributed by atoms with Crippen molar-refractivity contribution >= 4 is 5.97 Å². The van der Waals surface area contributed by atoms with Crippen molar-refractivity contribution in [3.05, 3.63) is 29.3 Å². The third-order valence-electron chi connectivity index (χ3n) is 2.97. The van der Waals surface area contributed by atoms with E-state index in [-0.39, 0.29) is 0 Å². The molecule has 1 N–H and O–H groups in total. The molecule has 3 nitrogen and oxygen atoms in total. The zero-order valence-electron chi connectivity index (χ0n) is 11.2. The van der Waals surface area contributed by atoms with Crippen LogP contribution in [0.15, 0.2) is 18.2 Å². The van der Waals surface area contributed by atoms with Crippen LogP contribution in [0.2, 0.25) is 0 Å². The molecule has 0 heterocycles. The van der Waals surface area contributed by atoms with E-state index in [1.165, 1.54) is 14.0 Å². The van der Waals surface area contributed by atoms with Gasteiger partial charge in [-0.2, -0.15) is 0 Å². The summed E-state index contributed by atoms with van der Waals surface area (Å²) in [6.45, 7) is 4.71. The number of benzene rings is 1. The number of halogens is 1. The van der Waals surface area contributed by atoms with Gasteiger partial charge in [-0.15, -0.1) is 0 Å². The third-order valence-corrected chi connectivity index (χ3v) is 2.97. The minimum absolute atomic E-state index is 0.298. The number of hydrogen-bond acceptors (Lipinski definition) is 2. The lowest BCUT2D eigenvalue weighted by Crippen LogP contribution is -2.26. The fourth-order valence-corrected chi connectivity index (χ4v) is 1.86. The summed E-state index contributed by atoms with van der Waals surface area (Å²) in [5.74, 6) is -0.440. The van der Waals surface area contributed by atoms with Crippen molar-refractivity contribution in [3.63, 3.8) is 0 Å². The molecule has 1 aromatic carbocycles. The maximum absolute atomic E-state index is 13.5. The summed E-state index contributed by atoms with van der Waals surface area (Å²) >= 11 is 0. The number of ether oxygens (including phenoxy) is 1. The van der Waals surface area contributed by atoms with Crippen molar-refractivity contribution in [2.45, 2.75) is 33.4 Å². The van der Waals surface area contributed by atoms with Crippen LogP contribution in [0, 0.1) is 5.41 Å². The summed E-state index contributed by atoms with van der Waals surface area (Å²) in [6, 6.07) is 5.15. The van der Waals surface area contributed by atoms with Crippen LogP contribution in [0.3, 0.4) is 0 Å². The smallest absolute Gasteiger partial charge is 0.309 e. The zero-order chi connectivity index (χ0) is 13.9. The number of carboxylic acids is 1. The van der Waals surface area contributed by atoms with Gasteiger partial charge in [-0.3, -0.25) is 4.79 Å². The maximum Gasteiger partial charge on any atom is 0.309 e. The molecular weight excluding hydrogens is 235 g/mol. The number of methoxy groups -OCH3 is 1. The van der Waals surface area contributed by atoms with Crippen LogP contribution in [0.25, 0.3) is 0 Å². The predicted molar refractivity (Wildman–Crippen MR) is 67.6 cm³/mol. The Hall–Kier alpha value is -1.58. The normalized spacial score (nSPS) is 13.2. The monoisotopic (exact) mass is 254 g/mol. The van der Waals surface area contributed by atoms with Crippen molar-refractivity contribution in [2.75, 3.05) is 7.11 Å². The zero-order valence-corrected chi connectivity index (χ0v) is 11.2. The summed E-state index contributed by atoms with van der Waals surface area (Å²) < 4.78 is 18.7. The van der Waals surface area contributed by atoms with Crippen molar-refractivity contribution < 1.29 is 19.0 Å². The fraction of sp³-hybridized carbons (Fsp3) is 0.500. The largest absolute Gasteiger partial charge is 0.496 e. The van der Waals surface area contributed by atoms with Crippen LogP contribution in [0.4, 0.5) is 4.39 Å². The lowest BCUT2D eigenvalue weighted by atomic mass is 9.85. The van der Waals surface area contributed by atoms with Crippen molar-refractivity contribution in [1.82, 2.24) is 0 Å². The quantitative estimate of drug-likeness (QED) is 0.876. The molecule has 0 spiro atoms. The van der Waals surface area contributed by atoms with E-state index in [1.807, 2.05) is 0 Å². The molecule has 18 heavy (non-hydrogen) atoms. The standard InChI is InChI=1S/C14H19FO3/c1-9(15)11-7-5-6-10(12(11)18-4)8-14(2,3)13(16)17/h5-7,9H,8H2,1-4H3,(H,16,17). The van der Waals surface area contributed by atoms with Gasteiger partial charge in [0.25, 0.3) is 0 Å². The molecule has 0 aliphatic rings. The van der Waals surface area contributed by atoms with E-state index in [4.69, 9.17) is 9.84 Å². The van der Waals surface area contributed by atoms with E-state index in [1.54, 1.807) is 32.0 Å². The molecule has 0 radical (unpaired) electrons. The fourth-order valence-electron chi connectivity index (χ4n) is 1.86. The molecule has 4 heteroatoms. The van der Waals surface area contributed by atoms with E-state index < -0.39 is 17.6 Å². The Morgan fingerprint density at radius 2 is 2.11 bits per heavy atom. The predicted octanol–water partition coefficient (Wildman–Crippen LogP) is 3.38. The van der Waals surface area contributed by atoms with Crippen LogP contribution in [-0.4, -0.2) is 18.2 Å². The minimum atomic E-state index is -1.15. The highest BCUT2D eigenvalue weighted by Gasteiger charge is 2.29. The molecule has 1 aromatic rings. The number of para-hydroxylation sites is 1.